The van der Waals surface area contributed by atoms with Crippen molar-refractivity contribution in [1.29, 1.82) is 0 Å². The van der Waals surface area contributed by atoms with Crippen LogP contribution in [-0.2, 0) is 11.4 Å². The predicted octanol–water partition coefficient (Wildman–Crippen LogP) is 3.31. The average molecular weight is 432 g/mol. The number of benzene rings is 2. The van der Waals surface area contributed by atoms with Crippen LogP contribution >= 0.6 is 11.8 Å². The number of thioether (sulfide) groups is 1. The van der Waals surface area contributed by atoms with E-state index in [-0.39, 0.29) is 11.2 Å². The normalized spacial score (nSPS) is 18.2. The van der Waals surface area contributed by atoms with Crippen molar-refractivity contribution < 1.29 is 28.9 Å². The summed E-state index contributed by atoms with van der Waals surface area (Å²) in [5.74, 6) is -0.285. The molecule has 7 nitrogen and oxygen atoms in total. The number of likely N-dealkylation sites (tertiary alicyclic amines) is 1. The van der Waals surface area contributed by atoms with Gasteiger partial charge in [0.25, 0.3) is 5.91 Å². The minimum absolute atomic E-state index is 0.0901. The molecule has 1 heterocycles. The van der Waals surface area contributed by atoms with Crippen molar-refractivity contribution in [3.05, 3.63) is 53.6 Å². The van der Waals surface area contributed by atoms with Crippen LogP contribution in [0.25, 0.3) is 0 Å². The molecule has 0 unspecified atom stereocenters. The summed E-state index contributed by atoms with van der Waals surface area (Å²) in [5.41, 5.74) is 1.27. The molecule has 1 N–H and O–H groups in total. The molecule has 0 spiro atoms. The molecule has 1 aliphatic heterocycles. The molecule has 2 atom stereocenters. The summed E-state index contributed by atoms with van der Waals surface area (Å²) < 4.78 is 16.8. The molecule has 0 radical (unpaired) electrons. The fraction of sp³-hybridized carbons (Fsp3) is 0.364. The van der Waals surface area contributed by atoms with Crippen LogP contribution in [0.4, 0.5) is 0 Å². The highest BCUT2D eigenvalue weighted by molar-refractivity contribution is 7.99. The van der Waals surface area contributed by atoms with Gasteiger partial charge in [0.2, 0.25) is 5.75 Å². The first-order valence-corrected chi connectivity index (χ1v) is 10.8. The Kier molecular flexibility index (Phi) is 7.10. The first-order chi connectivity index (χ1) is 14.5. The summed E-state index contributed by atoms with van der Waals surface area (Å²) in [5, 5.41) is 9.63. The van der Waals surface area contributed by atoms with E-state index in [1.807, 2.05) is 36.6 Å². The van der Waals surface area contributed by atoms with E-state index in [2.05, 4.69) is 0 Å². The van der Waals surface area contributed by atoms with E-state index < -0.39 is 12.0 Å². The second kappa shape index (κ2) is 9.75. The highest BCUT2D eigenvalue weighted by atomic mass is 32.2. The number of methoxy groups -OCH3 is 2. The summed E-state index contributed by atoms with van der Waals surface area (Å²) in [6.07, 6.45) is 2.34. The number of rotatable bonds is 8. The molecule has 1 saturated heterocycles. The number of carboxylic acid groups (broad SMARTS) is 1. The Morgan fingerprint density at radius 2 is 1.77 bits per heavy atom. The highest BCUT2D eigenvalue weighted by Crippen LogP contribution is 2.40. The van der Waals surface area contributed by atoms with Crippen molar-refractivity contribution in [2.45, 2.75) is 24.3 Å². The molecule has 0 aliphatic carbocycles. The van der Waals surface area contributed by atoms with Crippen molar-refractivity contribution in [2.75, 3.05) is 27.0 Å². The molecule has 3 rings (SSSR count). The summed E-state index contributed by atoms with van der Waals surface area (Å²) >= 11 is 1.57. The van der Waals surface area contributed by atoms with Crippen LogP contribution in [-0.4, -0.2) is 60.2 Å². The van der Waals surface area contributed by atoms with Crippen molar-refractivity contribution in [3.63, 3.8) is 0 Å². The molecule has 0 saturated carbocycles. The van der Waals surface area contributed by atoms with Gasteiger partial charge in [-0.1, -0.05) is 30.3 Å². The average Bonchev–Trinajstić information content (AvgIpc) is 3.22. The predicted molar refractivity (Wildman–Crippen MR) is 115 cm³/mol. The number of aliphatic carboxylic acids is 1. The SMILES string of the molecule is COc1cc(C(=O)N2C[C@@H](SC)C[C@H]2C(=O)O)cc(OC)c1OCc1ccccc1. The largest absolute Gasteiger partial charge is 0.493 e. The van der Waals surface area contributed by atoms with E-state index in [9.17, 15) is 14.7 Å². The van der Waals surface area contributed by atoms with Gasteiger partial charge >= 0.3 is 5.97 Å². The van der Waals surface area contributed by atoms with E-state index in [1.165, 1.54) is 19.1 Å². The monoisotopic (exact) mass is 431 g/mol. The van der Waals surface area contributed by atoms with Gasteiger partial charge in [-0.2, -0.15) is 11.8 Å². The number of carbonyl (C=O) groups is 2. The Labute approximate surface area is 179 Å². The summed E-state index contributed by atoms with van der Waals surface area (Å²) in [6, 6.07) is 11.9. The number of hydrogen-bond donors (Lipinski definition) is 1. The van der Waals surface area contributed by atoms with Crippen LogP contribution in [0.2, 0.25) is 0 Å². The molecule has 1 fully saturated rings. The molecule has 30 heavy (non-hydrogen) atoms. The number of carboxylic acids is 1. The van der Waals surface area contributed by atoms with E-state index in [1.54, 1.807) is 23.9 Å². The van der Waals surface area contributed by atoms with Crippen molar-refractivity contribution >= 4 is 23.6 Å². The molecule has 1 aliphatic rings. The van der Waals surface area contributed by atoms with Crippen molar-refractivity contribution in [2.24, 2.45) is 0 Å². The maximum Gasteiger partial charge on any atom is 0.326 e. The number of ether oxygens (including phenoxy) is 3. The van der Waals surface area contributed by atoms with Gasteiger partial charge in [-0.05, 0) is 30.4 Å². The zero-order valence-corrected chi connectivity index (χ0v) is 18.0. The molecule has 160 valence electrons. The van der Waals surface area contributed by atoms with Crippen LogP contribution < -0.4 is 14.2 Å². The van der Waals surface area contributed by atoms with Gasteiger partial charge in [0.15, 0.2) is 11.5 Å². The van der Waals surface area contributed by atoms with Crippen LogP contribution in [0.15, 0.2) is 42.5 Å². The van der Waals surface area contributed by atoms with E-state index >= 15 is 0 Å². The number of carbonyl (C=O) groups excluding carboxylic acids is 1. The van der Waals surface area contributed by atoms with Gasteiger partial charge in [0.05, 0.1) is 14.2 Å². The van der Waals surface area contributed by atoms with Crippen LogP contribution in [0.5, 0.6) is 17.2 Å². The zero-order chi connectivity index (χ0) is 21.7. The fourth-order valence-electron chi connectivity index (χ4n) is 3.47. The van der Waals surface area contributed by atoms with Gasteiger partial charge < -0.3 is 24.2 Å². The minimum Gasteiger partial charge on any atom is -0.493 e. The molecular formula is C22H25NO6S. The smallest absolute Gasteiger partial charge is 0.326 e. The maximum absolute atomic E-state index is 13.2. The lowest BCUT2D eigenvalue weighted by atomic mass is 10.1. The third-order valence-corrected chi connectivity index (χ3v) is 6.08. The summed E-state index contributed by atoms with van der Waals surface area (Å²) in [7, 11) is 2.97. The van der Waals surface area contributed by atoms with E-state index in [0.717, 1.165) is 5.56 Å². The second-order valence-corrected chi connectivity index (χ2v) is 8.03. The summed E-state index contributed by atoms with van der Waals surface area (Å²) in [6.45, 7) is 0.692. The molecule has 1 amide bonds. The fourth-order valence-corrected chi connectivity index (χ4v) is 4.15. The lowest BCUT2D eigenvalue weighted by molar-refractivity contribution is -0.141. The van der Waals surface area contributed by atoms with Gasteiger partial charge in [0, 0.05) is 17.4 Å². The van der Waals surface area contributed by atoms with E-state index in [0.29, 0.717) is 42.4 Å². The Morgan fingerprint density at radius 1 is 1.13 bits per heavy atom. The minimum atomic E-state index is -0.998. The maximum atomic E-state index is 13.2. The quantitative estimate of drug-likeness (QED) is 0.686. The lowest BCUT2D eigenvalue weighted by Gasteiger charge is -2.23. The number of nitrogens with zero attached hydrogens (tertiary/aromatic N) is 1. The van der Waals surface area contributed by atoms with Gasteiger partial charge in [-0.15, -0.1) is 0 Å². The third-order valence-electron chi connectivity index (χ3n) is 5.08. The lowest BCUT2D eigenvalue weighted by Crippen LogP contribution is -2.40. The van der Waals surface area contributed by atoms with Crippen molar-refractivity contribution in [1.82, 2.24) is 4.90 Å². The molecule has 2 aromatic carbocycles. The second-order valence-electron chi connectivity index (χ2n) is 6.89. The van der Waals surface area contributed by atoms with Gasteiger partial charge in [0.1, 0.15) is 12.6 Å². The summed E-state index contributed by atoms with van der Waals surface area (Å²) in [4.78, 5) is 26.2. The Morgan fingerprint density at radius 3 is 2.30 bits per heavy atom. The van der Waals surface area contributed by atoms with Crippen LogP contribution in [0.1, 0.15) is 22.3 Å². The first kappa shape index (κ1) is 21.8. The molecule has 0 bridgehead atoms. The van der Waals surface area contributed by atoms with Crippen LogP contribution in [0.3, 0.4) is 0 Å². The van der Waals surface area contributed by atoms with Crippen LogP contribution in [0, 0.1) is 0 Å². The number of amides is 1. The number of hydrogen-bond acceptors (Lipinski definition) is 6. The van der Waals surface area contributed by atoms with Crippen molar-refractivity contribution in [3.8, 4) is 17.2 Å². The third kappa shape index (κ3) is 4.64. The first-order valence-electron chi connectivity index (χ1n) is 9.47. The van der Waals surface area contributed by atoms with Gasteiger partial charge in [-0.25, -0.2) is 4.79 Å². The Balaban J connectivity index is 1.88. The Bertz CT molecular complexity index is 879. The molecule has 0 aromatic heterocycles. The standard InChI is InChI=1S/C22H25NO6S/c1-27-18-9-15(21(24)23-12-16(30-3)11-17(23)22(25)26)10-19(28-2)20(18)29-13-14-7-5-4-6-8-14/h4-10,16-17H,11-13H2,1-3H3,(H,25,26)/t16-,17-/m0/s1. The Hall–Kier alpha value is -2.87. The van der Waals surface area contributed by atoms with E-state index in [4.69, 9.17) is 14.2 Å². The highest BCUT2D eigenvalue weighted by Gasteiger charge is 2.40. The topological polar surface area (TPSA) is 85.3 Å². The molecule has 2 aromatic rings. The zero-order valence-electron chi connectivity index (χ0n) is 17.2. The van der Waals surface area contributed by atoms with Gasteiger partial charge in [-0.3, -0.25) is 4.79 Å². The molecule has 8 heteroatoms. The molecular weight excluding hydrogens is 406 g/mol.